The molecule has 0 aromatic heterocycles. The van der Waals surface area contributed by atoms with Gasteiger partial charge in [-0.2, -0.15) is 0 Å². The highest BCUT2D eigenvalue weighted by Gasteiger charge is 1.98. The van der Waals surface area contributed by atoms with Crippen LogP contribution in [-0.2, 0) is 0 Å². The molecule has 0 atom stereocenters. The van der Waals surface area contributed by atoms with Gasteiger partial charge in [0.05, 0.1) is 4.99 Å². The summed E-state index contributed by atoms with van der Waals surface area (Å²) in [6, 6.07) is 0. The molecule has 0 saturated carbocycles. The minimum atomic E-state index is 0.628. The molecule has 0 saturated heterocycles. The van der Waals surface area contributed by atoms with E-state index in [-0.39, 0.29) is 0 Å². The second kappa shape index (κ2) is 9.41. The van der Waals surface area contributed by atoms with Gasteiger partial charge in [0.25, 0.3) is 0 Å². The third-order valence-electron chi connectivity index (χ3n) is 2.38. The number of unbranched alkanes of at least 4 members (excludes halogenated alkanes) is 4. The van der Waals surface area contributed by atoms with E-state index >= 15 is 0 Å². The highest BCUT2D eigenvalue weighted by Crippen LogP contribution is 2.03. The highest BCUT2D eigenvalue weighted by molar-refractivity contribution is 7.80. The van der Waals surface area contributed by atoms with Crippen LogP contribution in [0.15, 0.2) is 0 Å². The normalized spacial score (nSPS) is 10.8. The molecule has 0 aliphatic rings. The van der Waals surface area contributed by atoms with Crippen LogP contribution in [0.1, 0.15) is 45.4 Å². The Morgan fingerprint density at radius 1 is 1.14 bits per heavy atom. The zero-order valence-electron chi connectivity index (χ0n) is 9.59. The van der Waals surface area contributed by atoms with Crippen LogP contribution in [0.25, 0.3) is 0 Å². The van der Waals surface area contributed by atoms with E-state index in [4.69, 9.17) is 18.0 Å². The Labute approximate surface area is 93.8 Å². The number of hydrogen-bond acceptors (Lipinski definition) is 2. The van der Waals surface area contributed by atoms with Gasteiger partial charge in [-0.15, -0.1) is 0 Å². The molecule has 0 unspecified atom stereocenters. The van der Waals surface area contributed by atoms with Gasteiger partial charge >= 0.3 is 0 Å². The quantitative estimate of drug-likeness (QED) is 0.474. The van der Waals surface area contributed by atoms with E-state index in [1.54, 1.807) is 0 Å². The van der Waals surface area contributed by atoms with E-state index in [9.17, 15) is 0 Å². The Balaban J connectivity index is 3.18. The fourth-order valence-corrected chi connectivity index (χ4v) is 1.49. The summed E-state index contributed by atoms with van der Waals surface area (Å²) in [6.45, 7) is 4.42. The molecule has 2 nitrogen and oxygen atoms in total. The maximum absolute atomic E-state index is 5.44. The lowest BCUT2D eigenvalue weighted by Gasteiger charge is -2.15. The smallest absolute Gasteiger partial charge is 0.0740 e. The average Bonchev–Trinajstić information content (AvgIpc) is 2.14. The second-order valence-corrected chi connectivity index (χ2v) is 4.46. The van der Waals surface area contributed by atoms with E-state index in [0.717, 1.165) is 13.0 Å². The molecule has 0 radical (unpaired) electrons. The largest absolute Gasteiger partial charge is 0.393 e. The average molecular weight is 216 g/mol. The van der Waals surface area contributed by atoms with Crippen molar-refractivity contribution in [3.8, 4) is 0 Å². The van der Waals surface area contributed by atoms with E-state index in [0.29, 0.717) is 4.99 Å². The number of nitrogens with zero attached hydrogens (tertiary/aromatic N) is 1. The van der Waals surface area contributed by atoms with Crippen LogP contribution >= 0.6 is 12.2 Å². The van der Waals surface area contributed by atoms with Gasteiger partial charge in [-0.1, -0.05) is 44.8 Å². The summed E-state index contributed by atoms with van der Waals surface area (Å²) in [5.74, 6) is 0. The summed E-state index contributed by atoms with van der Waals surface area (Å²) in [4.78, 5) is 2.94. The summed E-state index contributed by atoms with van der Waals surface area (Å²) in [5, 5.41) is 0. The monoisotopic (exact) mass is 216 g/mol. The van der Waals surface area contributed by atoms with Gasteiger partial charge in [-0.3, -0.25) is 0 Å². The first-order chi connectivity index (χ1) is 6.66. The lowest BCUT2D eigenvalue weighted by Crippen LogP contribution is -2.24. The number of hydrogen-bond donors (Lipinski definition) is 1. The van der Waals surface area contributed by atoms with Gasteiger partial charge in [0.1, 0.15) is 0 Å². The fraction of sp³-hybridized carbons (Fsp3) is 0.909. The van der Waals surface area contributed by atoms with Crippen molar-refractivity contribution in [3.05, 3.63) is 0 Å². The van der Waals surface area contributed by atoms with Gasteiger partial charge < -0.3 is 10.6 Å². The summed E-state index contributed by atoms with van der Waals surface area (Å²) in [7, 11) is 2.14. The zero-order chi connectivity index (χ0) is 10.8. The van der Waals surface area contributed by atoms with Crippen LogP contribution in [0.3, 0.4) is 0 Å². The molecule has 0 bridgehead atoms. The van der Waals surface area contributed by atoms with E-state index in [1.807, 2.05) is 0 Å². The molecule has 84 valence electrons. The minimum absolute atomic E-state index is 0.628. The van der Waals surface area contributed by atoms with Crippen molar-refractivity contribution in [3.63, 3.8) is 0 Å². The van der Waals surface area contributed by atoms with Crippen molar-refractivity contribution >= 4 is 17.2 Å². The SMILES string of the molecule is CCCCCCCN(C)CCC(N)=S. The molecule has 0 spiro atoms. The van der Waals surface area contributed by atoms with Crippen LogP contribution < -0.4 is 5.73 Å². The van der Waals surface area contributed by atoms with Crippen LogP contribution in [0.2, 0.25) is 0 Å². The molecule has 0 rings (SSSR count). The fourth-order valence-electron chi connectivity index (χ4n) is 1.40. The molecule has 14 heavy (non-hydrogen) atoms. The molecule has 0 aliphatic heterocycles. The Kier molecular flexibility index (Phi) is 9.31. The molecular weight excluding hydrogens is 192 g/mol. The van der Waals surface area contributed by atoms with Crippen LogP contribution in [0, 0.1) is 0 Å². The van der Waals surface area contributed by atoms with E-state index < -0.39 is 0 Å². The van der Waals surface area contributed by atoms with Crippen LogP contribution in [-0.4, -0.2) is 30.0 Å². The summed E-state index contributed by atoms with van der Waals surface area (Å²) < 4.78 is 0. The van der Waals surface area contributed by atoms with Gasteiger partial charge in [0.15, 0.2) is 0 Å². The zero-order valence-corrected chi connectivity index (χ0v) is 10.4. The molecule has 0 fully saturated rings. The lowest BCUT2D eigenvalue weighted by molar-refractivity contribution is 0.333. The Bertz CT molecular complexity index is 148. The third-order valence-corrected chi connectivity index (χ3v) is 2.59. The maximum atomic E-state index is 5.44. The lowest BCUT2D eigenvalue weighted by atomic mass is 10.1. The maximum Gasteiger partial charge on any atom is 0.0740 e. The number of rotatable bonds is 9. The van der Waals surface area contributed by atoms with Crippen molar-refractivity contribution in [1.29, 1.82) is 0 Å². The number of thiocarbonyl (C=S) groups is 1. The minimum Gasteiger partial charge on any atom is -0.393 e. The summed E-state index contributed by atoms with van der Waals surface area (Å²) in [5.41, 5.74) is 5.44. The predicted octanol–water partition coefficient (Wildman–Crippen LogP) is 2.56. The molecule has 0 aliphatic carbocycles. The standard InChI is InChI=1S/C11H24N2S/c1-3-4-5-6-7-9-13(2)10-8-11(12)14/h3-10H2,1-2H3,(H2,12,14). The molecule has 3 heteroatoms. The first-order valence-corrected chi connectivity index (χ1v) is 6.04. The topological polar surface area (TPSA) is 29.3 Å². The van der Waals surface area contributed by atoms with Gasteiger partial charge in [0, 0.05) is 13.0 Å². The van der Waals surface area contributed by atoms with Gasteiger partial charge in [-0.05, 0) is 20.0 Å². The molecule has 0 heterocycles. The van der Waals surface area contributed by atoms with E-state index in [2.05, 4.69) is 18.9 Å². The van der Waals surface area contributed by atoms with Crippen molar-refractivity contribution < 1.29 is 0 Å². The molecular formula is C11H24N2S. The Morgan fingerprint density at radius 2 is 1.79 bits per heavy atom. The highest BCUT2D eigenvalue weighted by atomic mass is 32.1. The predicted molar refractivity (Wildman–Crippen MR) is 67.7 cm³/mol. The van der Waals surface area contributed by atoms with Gasteiger partial charge in [-0.25, -0.2) is 0 Å². The second-order valence-electron chi connectivity index (χ2n) is 3.93. The summed E-state index contributed by atoms with van der Waals surface area (Å²) in [6.07, 6.45) is 7.56. The first kappa shape index (κ1) is 13.8. The van der Waals surface area contributed by atoms with Crippen molar-refractivity contribution in [1.82, 2.24) is 4.90 Å². The number of nitrogens with two attached hydrogens (primary N) is 1. The molecule has 0 aromatic carbocycles. The third kappa shape index (κ3) is 9.93. The van der Waals surface area contributed by atoms with Crippen LogP contribution in [0.4, 0.5) is 0 Å². The van der Waals surface area contributed by atoms with E-state index in [1.165, 1.54) is 38.6 Å². The van der Waals surface area contributed by atoms with Crippen molar-refractivity contribution in [2.45, 2.75) is 45.4 Å². The first-order valence-electron chi connectivity index (χ1n) is 5.63. The van der Waals surface area contributed by atoms with Crippen molar-refractivity contribution in [2.75, 3.05) is 20.1 Å². The Hall–Kier alpha value is -0.150. The van der Waals surface area contributed by atoms with Crippen LogP contribution in [0.5, 0.6) is 0 Å². The molecule has 0 amide bonds. The van der Waals surface area contributed by atoms with Gasteiger partial charge in [0.2, 0.25) is 0 Å². The molecule has 2 N–H and O–H groups in total. The Morgan fingerprint density at radius 3 is 2.36 bits per heavy atom. The molecule has 0 aromatic rings. The van der Waals surface area contributed by atoms with Crippen molar-refractivity contribution in [2.24, 2.45) is 5.73 Å². The summed E-state index contributed by atoms with van der Waals surface area (Å²) >= 11 is 4.83.